The van der Waals surface area contributed by atoms with Crippen molar-refractivity contribution < 1.29 is 28.6 Å². The van der Waals surface area contributed by atoms with Gasteiger partial charge in [0.25, 0.3) is 0 Å². The number of likely N-dealkylation sites (tertiary alicyclic amines) is 1. The quantitative estimate of drug-likeness (QED) is 0.547. The second kappa shape index (κ2) is 11.7. The van der Waals surface area contributed by atoms with Crippen LogP contribution in [-0.4, -0.2) is 62.3 Å². The molecule has 2 aliphatic rings. The van der Waals surface area contributed by atoms with Crippen LogP contribution in [0.3, 0.4) is 0 Å². The van der Waals surface area contributed by atoms with Crippen LogP contribution in [0.1, 0.15) is 45.2 Å². The van der Waals surface area contributed by atoms with Gasteiger partial charge < -0.3 is 24.8 Å². The number of hydrogen-bond acceptors (Lipinski definition) is 7. The second-order valence-corrected chi connectivity index (χ2v) is 7.97. The lowest BCUT2D eigenvalue weighted by molar-refractivity contribution is -0.150. The summed E-state index contributed by atoms with van der Waals surface area (Å²) in [6.45, 7) is 8.14. The summed E-state index contributed by atoms with van der Waals surface area (Å²) in [7, 11) is 0. The average Bonchev–Trinajstić information content (AvgIpc) is 2.80. The summed E-state index contributed by atoms with van der Waals surface area (Å²) in [5.41, 5.74) is 1.59. The number of carbonyl (C=O) groups excluding carboxylic acids is 3. The molecule has 1 saturated heterocycles. The average molecular weight is 460 g/mol. The molecule has 2 heterocycles. The minimum Gasteiger partial charge on any atom is -0.494 e. The van der Waals surface area contributed by atoms with Gasteiger partial charge in [-0.15, -0.1) is 0 Å². The van der Waals surface area contributed by atoms with Gasteiger partial charge in [-0.05, 0) is 57.9 Å². The Kier molecular flexibility index (Phi) is 8.71. The van der Waals surface area contributed by atoms with Crippen LogP contribution in [0.4, 0.5) is 4.79 Å². The Bertz CT molecular complexity index is 883. The predicted octanol–water partition coefficient (Wildman–Crippen LogP) is 2.53. The highest BCUT2D eigenvalue weighted by atomic mass is 16.5. The topological polar surface area (TPSA) is 106 Å². The minimum absolute atomic E-state index is 0.205. The molecule has 2 atom stereocenters. The van der Waals surface area contributed by atoms with E-state index in [1.807, 2.05) is 31.2 Å². The van der Waals surface area contributed by atoms with Gasteiger partial charge in [0.05, 0.1) is 37.4 Å². The number of nitrogens with one attached hydrogen (secondary N) is 2. The second-order valence-electron chi connectivity index (χ2n) is 7.97. The Labute approximate surface area is 194 Å². The maximum Gasteiger partial charge on any atom is 0.338 e. The number of piperidine rings is 1. The summed E-state index contributed by atoms with van der Waals surface area (Å²) in [4.78, 5) is 39.8. The van der Waals surface area contributed by atoms with Gasteiger partial charge in [0.2, 0.25) is 0 Å². The molecule has 3 rings (SSSR count). The van der Waals surface area contributed by atoms with E-state index in [9.17, 15) is 14.4 Å². The molecule has 0 unspecified atom stereocenters. The zero-order valence-corrected chi connectivity index (χ0v) is 19.5. The molecule has 0 radical (unpaired) electrons. The van der Waals surface area contributed by atoms with E-state index in [0.29, 0.717) is 43.3 Å². The number of nitrogens with zero attached hydrogens (tertiary/aromatic N) is 1. The molecule has 1 aromatic carbocycles. The summed E-state index contributed by atoms with van der Waals surface area (Å²) in [5.74, 6) is -0.201. The van der Waals surface area contributed by atoms with Crippen LogP contribution in [0.5, 0.6) is 5.75 Å². The number of benzene rings is 1. The third kappa shape index (κ3) is 6.25. The maximum absolute atomic E-state index is 13.0. The van der Waals surface area contributed by atoms with E-state index in [4.69, 9.17) is 14.2 Å². The van der Waals surface area contributed by atoms with Crippen molar-refractivity contribution in [3.05, 3.63) is 41.1 Å². The molecule has 2 aliphatic heterocycles. The summed E-state index contributed by atoms with van der Waals surface area (Å²) >= 11 is 0. The molecule has 9 nitrogen and oxygen atoms in total. The Hall–Kier alpha value is -3.07. The van der Waals surface area contributed by atoms with Crippen molar-refractivity contribution in [1.29, 1.82) is 0 Å². The Morgan fingerprint density at radius 2 is 1.79 bits per heavy atom. The van der Waals surface area contributed by atoms with Crippen molar-refractivity contribution in [2.24, 2.45) is 5.92 Å². The summed E-state index contributed by atoms with van der Waals surface area (Å²) in [6, 6.07) is 6.23. The van der Waals surface area contributed by atoms with Crippen LogP contribution in [0.15, 0.2) is 35.5 Å². The van der Waals surface area contributed by atoms with E-state index in [-0.39, 0.29) is 18.5 Å². The summed E-state index contributed by atoms with van der Waals surface area (Å²) < 4.78 is 16.0. The van der Waals surface area contributed by atoms with Crippen molar-refractivity contribution >= 4 is 18.0 Å². The zero-order chi connectivity index (χ0) is 23.8. The molecule has 2 amide bonds. The number of carbonyl (C=O) groups is 3. The van der Waals surface area contributed by atoms with Crippen LogP contribution in [0.2, 0.25) is 0 Å². The standard InChI is InChI=1S/C24H33N3O6/c1-4-31-18-11-9-16(10-12-18)21-20(23(29)33-6-3)19(25-24(30)26-21)15-27-13-7-8-17(14-27)22(28)32-5-2/h9-12,17,21H,4-8,13-15H2,1-3H3,(H2,25,26,30)/t17-,21-/m0/s1. The minimum atomic E-state index is -0.658. The molecule has 0 spiro atoms. The normalized spacial score (nSPS) is 21.1. The lowest BCUT2D eigenvalue weighted by Gasteiger charge is -2.35. The SMILES string of the molecule is CCOC(=O)C1=C(CN2CCC[C@H](C(=O)OCC)C2)NC(=O)N[C@H]1c1ccc(OCC)cc1. The van der Waals surface area contributed by atoms with Crippen LogP contribution in [0, 0.1) is 5.92 Å². The van der Waals surface area contributed by atoms with Crippen molar-refractivity contribution in [3.63, 3.8) is 0 Å². The number of rotatable bonds is 9. The first kappa shape index (κ1) is 24.6. The van der Waals surface area contributed by atoms with Gasteiger partial charge in [-0.3, -0.25) is 9.69 Å². The fourth-order valence-corrected chi connectivity index (χ4v) is 4.24. The van der Waals surface area contributed by atoms with E-state index in [1.165, 1.54) is 0 Å². The molecule has 0 saturated carbocycles. The first-order chi connectivity index (χ1) is 16.0. The number of urea groups is 1. The summed E-state index contributed by atoms with van der Waals surface area (Å²) in [6.07, 6.45) is 1.60. The lowest BCUT2D eigenvalue weighted by atomic mass is 9.93. The highest BCUT2D eigenvalue weighted by Crippen LogP contribution is 2.30. The molecular formula is C24H33N3O6. The Balaban J connectivity index is 1.89. The van der Waals surface area contributed by atoms with Crippen molar-refractivity contribution in [2.45, 2.75) is 39.7 Å². The first-order valence-electron chi connectivity index (χ1n) is 11.6. The predicted molar refractivity (Wildman–Crippen MR) is 121 cm³/mol. The molecule has 180 valence electrons. The Morgan fingerprint density at radius 3 is 2.45 bits per heavy atom. The molecule has 2 N–H and O–H groups in total. The molecule has 33 heavy (non-hydrogen) atoms. The van der Waals surface area contributed by atoms with Gasteiger partial charge in [-0.1, -0.05) is 12.1 Å². The lowest BCUT2D eigenvalue weighted by Crippen LogP contribution is -2.50. The van der Waals surface area contributed by atoms with Crippen LogP contribution < -0.4 is 15.4 Å². The molecular weight excluding hydrogens is 426 g/mol. The van der Waals surface area contributed by atoms with Gasteiger partial charge in [0, 0.05) is 18.8 Å². The maximum atomic E-state index is 13.0. The monoisotopic (exact) mass is 459 g/mol. The zero-order valence-electron chi connectivity index (χ0n) is 19.5. The molecule has 0 bridgehead atoms. The van der Waals surface area contributed by atoms with Gasteiger partial charge in [-0.25, -0.2) is 9.59 Å². The van der Waals surface area contributed by atoms with Crippen LogP contribution >= 0.6 is 0 Å². The Morgan fingerprint density at radius 1 is 1.06 bits per heavy atom. The third-order valence-corrected chi connectivity index (χ3v) is 5.68. The highest BCUT2D eigenvalue weighted by molar-refractivity contribution is 5.95. The van der Waals surface area contributed by atoms with E-state index < -0.39 is 18.0 Å². The van der Waals surface area contributed by atoms with Crippen LogP contribution in [0.25, 0.3) is 0 Å². The number of amides is 2. The fraction of sp³-hybridized carbons (Fsp3) is 0.542. The number of ether oxygens (including phenoxy) is 3. The molecule has 1 aromatic rings. The van der Waals surface area contributed by atoms with Crippen LogP contribution in [-0.2, 0) is 19.1 Å². The van der Waals surface area contributed by atoms with E-state index in [0.717, 1.165) is 24.9 Å². The van der Waals surface area contributed by atoms with E-state index >= 15 is 0 Å². The number of esters is 2. The van der Waals surface area contributed by atoms with Gasteiger partial charge in [0.1, 0.15) is 5.75 Å². The summed E-state index contributed by atoms with van der Waals surface area (Å²) in [5, 5.41) is 5.64. The van der Waals surface area contributed by atoms with Gasteiger partial charge in [0.15, 0.2) is 0 Å². The van der Waals surface area contributed by atoms with Crippen molar-refractivity contribution in [2.75, 3.05) is 39.5 Å². The van der Waals surface area contributed by atoms with Crippen molar-refractivity contribution in [1.82, 2.24) is 15.5 Å². The number of hydrogen-bond donors (Lipinski definition) is 2. The first-order valence-corrected chi connectivity index (χ1v) is 11.6. The van der Waals surface area contributed by atoms with Gasteiger partial charge in [-0.2, -0.15) is 0 Å². The third-order valence-electron chi connectivity index (χ3n) is 5.68. The fourth-order valence-electron chi connectivity index (χ4n) is 4.24. The smallest absolute Gasteiger partial charge is 0.338 e. The molecule has 1 fully saturated rings. The molecule has 9 heteroatoms. The van der Waals surface area contributed by atoms with Gasteiger partial charge >= 0.3 is 18.0 Å². The van der Waals surface area contributed by atoms with Crippen molar-refractivity contribution in [3.8, 4) is 5.75 Å². The highest BCUT2D eigenvalue weighted by Gasteiger charge is 2.35. The van der Waals surface area contributed by atoms with E-state index in [1.54, 1.807) is 13.8 Å². The largest absolute Gasteiger partial charge is 0.494 e. The molecule has 0 aromatic heterocycles. The van der Waals surface area contributed by atoms with E-state index in [2.05, 4.69) is 15.5 Å². The molecule has 0 aliphatic carbocycles.